The lowest BCUT2D eigenvalue weighted by Gasteiger charge is -2.26. The number of piperazine rings is 1. The van der Waals surface area contributed by atoms with Crippen LogP contribution in [0.3, 0.4) is 0 Å². The van der Waals surface area contributed by atoms with Gasteiger partial charge in [-0.1, -0.05) is 0 Å². The van der Waals surface area contributed by atoms with Gasteiger partial charge in [0.15, 0.2) is 0 Å². The van der Waals surface area contributed by atoms with Crippen LogP contribution in [0.25, 0.3) is 0 Å². The van der Waals surface area contributed by atoms with E-state index in [1.807, 2.05) is 4.90 Å². The maximum absolute atomic E-state index is 11.6. The molecule has 0 saturated carbocycles. The van der Waals surface area contributed by atoms with Crippen molar-refractivity contribution in [3.05, 3.63) is 0 Å². The zero-order valence-electron chi connectivity index (χ0n) is 10.0. The van der Waals surface area contributed by atoms with Crippen LogP contribution in [0.15, 0.2) is 0 Å². The molecule has 1 aliphatic heterocycles. The Kier molecular flexibility index (Phi) is 5.53. The van der Waals surface area contributed by atoms with E-state index >= 15 is 0 Å². The molecule has 2 amide bonds. The van der Waals surface area contributed by atoms with Crippen molar-refractivity contribution in [3.63, 3.8) is 0 Å². The van der Waals surface area contributed by atoms with Crippen LogP contribution in [0.2, 0.25) is 0 Å². The molecule has 1 atom stereocenters. The van der Waals surface area contributed by atoms with Crippen molar-refractivity contribution in [2.24, 2.45) is 5.73 Å². The van der Waals surface area contributed by atoms with E-state index in [-0.39, 0.29) is 6.54 Å². The second-order valence-corrected chi connectivity index (χ2v) is 4.15. The van der Waals surface area contributed by atoms with Crippen molar-refractivity contribution >= 4 is 17.8 Å². The summed E-state index contributed by atoms with van der Waals surface area (Å²) in [4.78, 5) is 35.0. The van der Waals surface area contributed by atoms with Crippen molar-refractivity contribution in [2.45, 2.75) is 12.5 Å². The second kappa shape index (κ2) is 6.92. The third-order valence-corrected chi connectivity index (χ3v) is 2.62. The number of rotatable bonds is 6. The molecule has 0 radical (unpaired) electrons. The van der Waals surface area contributed by atoms with Crippen LogP contribution in [0.1, 0.15) is 6.42 Å². The molecule has 8 heteroatoms. The quantitative estimate of drug-likeness (QED) is 0.412. The van der Waals surface area contributed by atoms with Crippen molar-refractivity contribution < 1.29 is 19.5 Å². The number of hydrogen-bond acceptors (Lipinski definition) is 5. The summed E-state index contributed by atoms with van der Waals surface area (Å²) in [5.74, 6) is -2.43. The summed E-state index contributed by atoms with van der Waals surface area (Å²) < 4.78 is 0. The summed E-state index contributed by atoms with van der Waals surface area (Å²) in [5.41, 5.74) is 4.92. The fourth-order valence-electron chi connectivity index (χ4n) is 1.71. The van der Waals surface area contributed by atoms with Gasteiger partial charge in [0, 0.05) is 26.2 Å². The summed E-state index contributed by atoms with van der Waals surface area (Å²) in [7, 11) is 0. The maximum atomic E-state index is 11.6. The van der Waals surface area contributed by atoms with E-state index in [9.17, 15) is 14.4 Å². The lowest BCUT2D eigenvalue weighted by molar-refractivity contribution is -0.143. The van der Waals surface area contributed by atoms with E-state index in [4.69, 9.17) is 10.8 Å². The Balaban J connectivity index is 2.40. The Hall–Kier alpha value is -1.67. The number of carbonyl (C=O) groups excluding carboxylic acids is 2. The van der Waals surface area contributed by atoms with Crippen LogP contribution in [0.4, 0.5) is 0 Å². The first-order chi connectivity index (χ1) is 8.49. The summed E-state index contributed by atoms with van der Waals surface area (Å²) in [6.45, 7) is 3.21. The molecule has 1 heterocycles. The smallest absolute Gasteiger partial charge is 0.326 e. The summed E-state index contributed by atoms with van der Waals surface area (Å²) in [6.07, 6.45) is -0.400. The molecular formula is C10H18N4O4. The van der Waals surface area contributed by atoms with Crippen molar-refractivity contribution in [2.75, 3.05) is 32.7 Å². The van der Waals surface area contributed by atoms with Gasteiger partial charge in [-0.05, 0) is 0 Å². The Labute approximate surface area is 104 Å². The van der Waals surface area contributed by atoms with Gasteiger partial charge in [0.25, 0.3) is 0 Å². The van der Waals surface area contributed by atoms with Crippen LogP contribution in [0.5, 0.6) is 0 Å². The molecule has 1 rings (SSSR count). The molecule has 0 aliphatic carbocycles. The molecule has 8 nitrogen and oxygen atoms in total. The van der Waals surface area contributed by atoms with Crippen LogP contribution in [-0.4, -0.2) is 66.6 Å². The van der Waals surface area contributed by atoms with E-state index in [1.54, 1.807) is 0 Å². The largest absolute Gasteiger partial charge is 0.480 e. The van der Waals surface area contributed by atoms with E-state index in [0.29, 0.717) is 0 Å². The molecule has 0 aromatic rings. The summed E-state index contributed by atoms with van der Waals surface area (Å²) in [6, 6.07) is -1.25. The fourth-order valence-corrected chi connectivity index (χ4v) is 1.71. The first-order valence-electron chi connectivity index (χ1n) is 5.72. The highest BCUT2D eigenvalue weighted by atomic mass is 16.4. The van der Waals surface area contributed by atoms with Crippen molar-refractivity contribution in [1.82, 2.24) is 15.5 Å². The van der Waals surface area contributed by atoms with Gasteiger partial charge in [-0.25, -0.2) is 4.79 Å². The van der Waals surface area contributed by atoms with E-state index < -0.39 is 30.2 Å². The third-order valence-electron chi connectivity index (χ3n) is 2.62. The number of amides is 2. The summed E-state index contributed by atoms with van der Waals surface area (Å²) >= 11 is 0. The van der Waals surface area contributed by atoms with Crippen molar-refractivity contribution in [3.8, 4) is 0 Å². The predicted octanol–water partition coefficient (Wildman–Crippen LogP) is -2.66. The van der Waals surface area contributed by atoms with Gasteiger partial charge in [-0.2, -0.15) is 0 Å². The first-order valence-corrected chi connectivity index (χ1v) is 5.72. The standard InChI is InChI=1S/C10H18N4O4/c11-8(15)5-7(10(17)18)13-9(16)6-14-3-1-12-2-4-14/h7,12H,1-6H2,(H2,11,15)(H,13,16)(H,17,18)/t7-/m1/s1. The highest BCUT2D eigenvalue weighted by Crippen LogP contribution is 1.95. The van der Waals surface area contributed by atoms with Crippen LogP contribution < -0.4 is 16.4 Å². The SMILES string of the molecule is NC(=O)C[C@@H](NC(=O)CN1CCNCC1)C(=O)O. The number of carboxylic acids is 1. The number of carbonyl (C=O) groups is 3. The highest BCUT2D eigenvalue weighted by molar-refractivity contribution is 5.88. The maximum Gasteiger partial charge on any atom is 0.326 e. The van der Waals surface area contributed by atoms with E-state index in [0.717, 1.165) is 26.2 Å². The molecule has 5 N–H and O–H groups in total. The monoisotopic (exact) mass is 258 g/mol. The van der Waals surface area contributed by atoms with Crippen LogP contribution >= 0.6 is 0 Å². The molecule has 0 unspecified atom stereocenters. The molecule has 1 fully saturated rings. The number of carboxylic acid groups (broad SMARTS) is 1. The average Bonchev–Trinajstić information content (AvgIpc) is 2.28. The zero-order valence-corrected chi connectivity index (χ0v) is 10.0. The molecule has 1 saturated heterocycles. The normalized spacial score (nSPS) is 18.0. The Morgan fingerprint density at radius 2 is 1.94 bits per heavy atom. The lowest BCUT2D eigenvalue weighted by Crippen LogP contribution is -2.50. The lowest BCUT2D eigenvalue weighted by atomic mass is 10.2. The van der Waals surface area contributed by atoms with Gasteiger partial charge in [0.1, 0.15) is 6.04 Å². The van der Waals surface area contributed by atoms with Gasteiger partial charge in [0.05, 0.1) is 13.0 Å². The molecule has 0 aromatic heterocycles. The predicted molar refractivity (Wildman–Crippen MR) is 62.7 cm³/mol. The topological polar surface area (TPSA) is 125 Å². The Bertz CT molecular complexity index is 328. The molecular weight excluding hydrogens is 240 g/mol. The number of aliphatic carboxylic acids is 1. The molecule has 0 aromatic carbocycles. The number of hydrogen-bond donors (Lipinski definition) is 4. The zero-order chi connectivity index (χ0) is 13.5. The van der Waals surface area contributed by atoms with E-state index in [2.05, 4.69) is 10.6 Å². The molecule has 18 heavy (non-hydrogen) atoms. The third kappa shape index (κ3) is 5.11. The second-order valence-electron chi connectivity index (χ2n) is 4.15. The van der Waals surface area contributed by atoms with Crippen LogP contribution in [0, 0.1) is 0 Å². The van der Waals surface area contributed by atoms with Gasteiger partial charge >= 0.3 is 5.97 Å². The van der Waals surface area contributed by atoms with Gasteiger partial charge < -0.3 is 21.5 Å². The van der Waals surface area contributed by atoms with Crippen molar-refractivity contribution in [1.29, 1.82) is 0 Å². The fraction of sp³-hybridized carbons (Fsp3) is 0.700. The molecule has 0 spiro atoms. The molecule has 102 valence electrons. The minimum Gasteiger partial charge on any atom is -0.480 e. The highest BCUT2D eigenvalue weighted by Gasteiger charge is 2.23. The van der Waals surface area contributed by atoms with Gasteiger partial charge in [0.2, 0.25) is 11.8 Å². The van der Waals surface area contributed by atoms with E-state index in [1.165, 1.54) is 0 Å². The minimum atomic E-state index is -1.26. The molecule has 1 aliphatic rings. The van der Waals surface area contributed by atoms with Gasteiger partial charge in [-0.3, -0.25) is 14.5 Å². The first kappa shape index (κ1) is 14.4. The Morgan fingerprint density at radius 1 is 1.33 bits per heavy atom. The van der Waals surface area contributed by atoms with Gasteiger partial charge in [-0.15, -0.1) is 0 Å². The number of primary amides is 1. The number of nitrogens with zero attached hydrogens (tertiary/aromatic N) is 1. The minimum absolute atomic E-state index is 0.129. The number of nitrogens with two attached hydrogens (primary N) is 1. The Morgan fingerprint density at radius 3 is 2.44 bits per heavy atom. The van der Waals surface area contributed by atoms with Crippen LogP contribution in [-0.2, 0) is 14.4 Å². The average molecular weight is 258 g/mol. The number of nitrogens with one attached hydrogen (secondary N) is 2. The summed E-state index contributed by atoms with van der Waals surface area (Å²) in [5, 5.41) is 14.3. The molecule has 0 bridgehead atoms.